The van der Waals surface area contributed by atoms with Gasteiger partial charge in [-0.05, 0) is 50.3 Å². The zero-order valence-electron chi connectivity index (χ0n) is 17.3. The van der Waals surface area contributed by atoms with Gasteiger partial charge in [0.2, 0.25) is 0 Å². The van der Waals surface area contributed by atoms with E-state index in [4.69, 9.17) is 0 Å². The Kier molecular flexibility index (Phi) is 7.75. The van der Waals surface area contributed by atoms with Crippen molar-refractivity contribution in [1.82, 2.24) is 15.6 Å². The summed E-state index contributed by atoms with van der Waals surface area (Å²) in [5.74, 6) is 2.67. The fourth-order valence-corrected chi connectivity index (χ4v) is 3.98. The second kappa shape index (κ2) is 10.3. The highest BCUT2D eigenvalue weighted by molar-refractivity contribution is 14.0. The summed E-state index contributed by atoms with van der Waals surface area (Å²) in [5, 5.41) is 7.32. The molecule has 2 aromatic rings. The second-order valence-electron chi connectivity index (χ2n) is 7.93. The normalized spacial score (nSPS) is 22.0. The minimum atomic E-state index is 0. The number of piperidine rings is 1. The molecule has 0 spiro atoms. The maximum absolute atomic E-state index is 4.68. The number of halogens is 1. The molecule has 2 heterocycles. The molecule has 2 N–H and O–H groups in total. The van der Waals surface area contributed by atoms with E-state index in [9.17, 15) is 0 Å². The Morgan fingerprint density at radius 1 is 1.10 bits per heavy atom. The third-order valence-corrected chi connectivity index (χ3v) is 5.71. The van der Waals surface area contributed by atoms with Gasteiger partial charge in [-0.25, -0.2) is 4.98 Å². The molecule has 2 fully saturated rings. The maximum Gasteiger partial charge on any atom is 0.191 e. The van der Waals surface area contributed by atoms with E-state index >= 15 is 0 Å². The zero-order chi connectivity index (χ0) is 19.3. The molecule has 1 saturated heterocycles. The molecule has 5 nitrogen and oxygen atoms in total. The van der Waals surface area contributed by atoms with Crippen molar-refractivity contribution in [3.05, 3.63) is 59.8 Å². The summed E-state index contributed by atoms with van der Waals surface area (Å²) in [7, 11) is 0. The van der Waals surface area contributed by atoms with Crippen molar-refractivity contribution in [2.45, 2.75) is 51.1 Å². The first kappa shape index (κ1) is 21.9. The monoisotopic (exact) mass is 505 g/mol. The molecule has 1 aliphatic carbocycles. The summed E-state index contributed by atoms with van der Waals surface area (Å²) in [6.07, 6.45) is 5.35. The third kappa shape index (κ3) is 5.84. The molecule has 1 saturated carbocycles. The number of benzene rings is 1. The Bertz CT molecular complexity index is 785. The number of rotatable bonds is 5. The van der Waals surface area contributed by atoms with Gasteiger partial charge in [-0.15, -0.1) is 24.0 Å². The van der Waals surface area contributed by atoms with Crippen molar-refractivity contribution in [2.75, 3.05) is 24.5 Å². The molecule has 0 radical (unpaired) electrons. The van der Waals surface area contributed by atoms with Crippen LogP contribution in [0.4, 0.5) is 5.82 Å². The van der Waals surface area contributed by atoms with Crippen LogP contribution in [0.5, 0.6) is 0 Å². The molecule has 4 rings (SSSR count). The molecule has 2 atom stereocenters. The van der Waals surface area contributed by atoms with E-state index in [2.05, 4.69) is 81.8 Å². The number of hydrogen-bond acceptors (Lipinski definition) is 3. The SMILES string of the molecule is CCN=C(NC1CCN(c2ccc(C)cn2)CC1)NC1CC1c1ccccc1.I. The van der Waals surface area contributed by atoms with E-state index in [0.717, 1.165) is 44.3 Å². The molecule has 1 aromatic carbocycles. The molecule has 6 heteroatoms. The number of nitrogens with zero attached hydrogens (tertiary/aromatic N) is 3. The summed E-state index contributed by atoms with van der Waals surface area (Å²) < 4.78 is 0. The van der Waals surface area contributed by atoms with Crippen molar-refractivity contribution >= 4 is 35.8 Å². The minimum absolute atomic E-state index is 0. The number of aliphatic imine (C=N–C) groups is 1. The standard InChI is InChI=1S/C23H31N5.HI/c1-3-24-23(27-21-15-20(21)18-7-5-4-6-8-18)26-19-11-13-28(14-12-19)22-10-9-17(2)16-25-22;/h4-10,16,19-21H,3,11-15H2,1-2H3,(H2,24,26,27);1H. The molecular weight excluding hydrogens is 473 g/mol. The number of pyridine rings is 1. The number of aromatic nitrogens is 1. The smallest absolute Gasteiger partial charge is 0.191 e. The van der Waals surface area contributed by atoms with Gasteiger partial charge in [0.1, 0.15) is 5.82 Å². The molecule has 1 aliphatic heterocycles. The van der Waals surface area contributed by atoms with Gasteiger partial charge < -0.3 is 15.5 Å². The lowest BCUT2D eigenvalue weighted by Gasteiger charge is -2.34. The van der Waals surface area contributed by atoms with Crippen LogP contribution in [0.25, 0.3) is 0 Å². The van der Waals surface area contributed by atoms with Gasteiger partial charge in [-0.2, -0.15) is 0 Å². The van der Waals surface area contributed by atoms with Crippen LogP contribution in [0.15, 0.2) is 53.7 Å². The number of anilines is 1. The quantitative estimate of drug-likeness (QED) is 0.365. The average Bonchev–Trinajstić information content (AvgIpc) is 3.49. The third-order valence-electron chi connectivity index (χ3n) is 5.71. The summed E-state index contributed by atoms with van der Waals surface area (Å²) in [6.45, 7) is 7.03. The van der Waals surface area contributed by atoms with Gasteiger partial charge >= 0.3 is 0 Å². The highest BCUT2D eigenvalue weighted by atomic mass is 127. The molecule has 2 unspecified atom stereocenters. The van der Waals surface area contributed by atoms with Crippen LogP contribution >= 0.6 is 24.0 Å². The Hall–Kier alpha value is -1.83. The molecule has 156 valence electrons. The molecule has 29 heavy (non-hydrogen) atoms. The van der Waals surface area contributed by atoms with Crippen LogP contribution in [-0.2, 0) is 0 Å². The van der Waals surface area contributed by atoms with Crippen LogP contribution in [0.3, 0.4) is 0 Å². The van der Waals surface area contributed by atoms with Gasteiger partial charge in [0.25, 0.3) is 0 Å². The lowest BCUT2D eigenvalue weighted by atomic mass is 10.1. The molecule has 1 aromatic heterocycles. The molecule has 0 amide bonds. The first-order valence-electron chi connectivity index (χ1n) is 10.5. The molecule has 0 bridgehead atoms. The summed E-state index contributed by atoms with van der Waals surface area (Å²) in [6, 6.07) is 16.0. The van der Waals surface area contributed by atoms with Crippen LogP contribution in [0.1, 0.15) is 43.2 Å². The van der Waals surface area contributed by atoms with E-state index in [1.54, 1.807) is 0 Å². The van der Waals surface area contributed by atoms with Crippen molar-refractivity contribution in [3.8, 4) is 0 Å². The summed E-state index contributed by atoms with van der Waals surface area (Å²) >= 11 is 0. The van der Waals surface area contributed by atoms with Crippen LogP contribution < -0.4 is 15.5 Å². The second-order valence-corrected chi connectivity index (χ2v) is 7.93. The first-order valence-corrected chi connectivity index (χ1v) is 10.5. The predicted molar refractivity (Wildman–Crippen MR) is 131 cm³/mol. The van der Waals surface area contributed by atoms with E-state index in [1.165, 1.54) is 17.5 Å². The van der Waals surface area contributed by atoms with E-state index < -0.39 is 0 Å². The Morgan fingerprint density at radius 2 is 1.86 bits per heavy atom. The zero-order valence-corrected chi connectivity index (χ0v) is 19.7. The average molecular weight is 505 g/mol. The lowest BCUT2D eigenvalue weighted by molar-refractivity contribution is 0.459. The number of hydrogen-bond donors (Lipinski definition) is 2. The number of guanidine groups is 1. The fraction of sp³-hybridized carbons (Fsp3) is 0.478. The molecule has 2 aliphatic rings. The summed E-state index contributed by atoms with van der Waals surface area (Å²) in [5.41, 5.74) is 2.63. The number of nitrogens with one attached hydrogen (secondary N) is 2. The van der Waals surface area contributed by atoms with E-state index in [-0.39, 0.29) is 24.0 Å². The Labute approximate surface area is 191 Å². The van der Waals surface area contributed by atoms with Crippen LogP contribution in [-0.4, -0.2) is 42.7 Å². The van der Waals surface area contributed by atoms with Crippen molar-refractivity contribution < 1.29 is 0 Å². The van der Waals surface area contributed by atoms with Crippen molar-refractivity contribution in [2.24, 2.45) is 4.99 Å². The summed E-state index contributed by atoms with van der Waals surface area (Å²) in [4.78, 5) is 11.6. The highest BCUT2D eigenvalue weighted by Gasteiger charge is 2.39. The van der Waals surface area contributed by atoms with Crippen LogP contribution in [0, 0.1) is 6.92 Å². The van der Waals surface area contributed by atoms with Gasteiger partial charge in [0.15, 0.2) is 5.96 Å². The van der Waals surface area contributed by atoms with Crippen LogP contribution in [0.2, 0.25) is 0 Å². The number of aryl methyl sites for hydroxylation is 1. The van der Waals surface area contributed by atoms with Gasteiger partial charge in [-0.1, -0.05) is 36.4 Å². The topological polar surface area (TPSA) is 52.6 Å². The largest absolute Gasteiger partial charge is 0.356 e. The van der Waals surface area contributed by atoms with E-state index in [1.807, 2.05) is 6.20 Å². The molecular formula is C23H32IN5. The first-order chi connectivity index (χ1) is 13.7. The Balaban J connectivity index is 0.00000240. The van der Waals surface area contributed by atoms with Crippen molar-refractivity contribution in [1.29, 1.82) is 0 Å². The highest BCUT2D eigenvalue weighted by Crippen LogP contribution is 2.40. The van der Waals surface area contributed by atoms with Crippen molar-refractivity contribution in [3.63, 3.8) is 0 Å². The van der Waals surface area contributed by atoms with Gasteiger partial charge in [-0.3, -0.25) is 4.99 Å². The van der Waals surface area contributed by atoms with Gasteiger partial charge in [0.05, 0.1) is 0 Å². The minimum Gasteiger partial charge on any atom is -0.356 e. The Morgan fingerprint density at radius 3 is 2.52 bits per heavy atom. The lowest BCUT2D eigenvalue weighted by Crippen LogP contribution is -2.49. The van der Waals surface area contributed by atoms with E-state index in [0.29, 0.717) is 18.0 Å². The fourth-order valence-electron chi connectivity index (χ4n) is 3.98. The maximum atomic E-state index is 4.68. The predicted octanol–water partition coefficient (Wildman–Crippen LogP) is 4.09. The van der Waals surface area contributed by atoms with Gasteiger partial charge in [0, 0.05) is 43.8 Å².